The summed E-state index contributed by atoms with van der Waals surface area (Å²) in [6.45, 7) is 4.04. The third-order valence-electron chi connectivity index (χ3n) is 3.67. The summed E-state index contributed by atoms with van der Waals surface area (Å²) < 4.78 is 32.9. The van der Waals surface area contributed by atoms with Crippen LogP contribution >= 0.6 is 0 Å². The Morgan fingerprint density at radius 3 is 2.17 bits per heavy atom. The minimum absolute atomic E-state index is 0.0493. The van der Waals surface area contributed by atoms with Gasteiger partial charge in [0.05, 0.1) is 11.7 Å². The van der Waals surface area contributed by atoms with E-state index in [1.165, 1.54) is 12.1 Å². The topological polar surface area (TPSA) is 9.23 Å². The lowest BCUT2D eigenvalue weighted by atomic mass is 9.89. The highest BCUT2D eigenvalue weighted by molar-refractivity contribution is 5.23. The Labute approximate surface area is 107 Å². The maximum absolute atomic E-state index is 13.9. The molecule has 1 nitrogen and oxygen atoms in total. The highest BCUT2D eigenvalue weighted by atomic mass is 19.3. The van der Waals surface area contributed by atoms with Crippen LogP contribution in [0.3, 0.4) is 0 Å². The summed E-state index contributed by atoms with van der Waals surface area (Å²) in [4.78, 5) is 0. The van der Waals surface area contributed by atoms with Crippen LogP contribution in [0.5, 0.6) is 0 Å². The number of rotatable bonds is 3. The van der Waals surface area contributed by atoms with Crippen LogP contribution in [0, 0.1) is 12.8 Å². The zero-order valence-electron chi connectivity index (χ0n) is 11.0. The number of hydrogen-bond acceptors (Lipinski definition) is 1. The van der Waals surface area contributed by atoms with Crippen molar-refractivity contribution >= 4 is 0 Å². The third-order valence-corrected chi connectivity index (χ3v) is 3.67. The molecule has 0 radical (unpaired) electrons. The SMILES string of the molecule is Cc1ccc(C(F)(F)OC2CCC(C)CC2)cc1. The Kier molecular flexibility index (Phi) is 4.00. The fourth-order valence-electron chi connectivity index (χ4n) is 2.37. The molecule has 0 saturated heterocycles. The van der Waals surface area contributed by atoms with E-state index in [-0.39, 0.29) is 11.7 Å². The van der Waals surface area contributed by atoms with Crippen LogP contribution < -0.4 is 0 Å². The molecule has 0 aliphatic heterocycles. The van der Waals surface area contributed by atoms with Crippen LogP contribution in [-0.4, -0.2) is 6.10 Å². The van der Waals surface area contributed by atoms with E-state index in [4.69, 9.17) is 4.74 Å². The molecular weight excluding hydrogens is 234 g/mol. The van der Waals surface area contributed by atoms with E-state index in [9.17, 15) is 8.78 Å². The van der Waals surface area contributed by atoms with Gasteiger partial charge in [0.2, 0.25) is 0 Å². The van der Waals surface area contributed by atoms with E-state index in [1.807, 2.05) is 6.92 Å². The fourth-order valence-corrected chi connectivity index (χ4v) is 2.37. The highest BCUT2D eigenvalue weighted by Gasteiger charge is 2.36. The molecular formula is C15H20F2O. The first kappa shape index (κ1) is 13.5. The first-order valence-corrected chi connectivity index (χ1v) is 6.60. The second-order valence-electron chi connectivity index (χ2n) is 5.38. The van der Waals surface area contributed by atoms with Gasteiger partial charge >= 0.3 is 6.11 Å². The molecule has 2 rings (SSSR count). The van der Waals surface area contributed by atoms with Crippen molar-refractivity contribution in [2.24, 2.45) is 5.92 Å². The minimum atomic E-state index is -3.17. The van der Waals surface area contributed by atoms with Gasteiger partial charge in [-0.1, -0.05) is 36.8 Å². The molecule has 1 aromatic carbocycles. The summed E-state index contributed by atoms with van der Waals surface area (Å²) in [6.07, 6.45) is -0.0366. The van der Waals surface area contributed by atoms with Crippen molar-refractivity contribution in [2.75, 3.05) is 0 Å². The van der Waals surface area contributed by atoms with Gasteiger partial charge in [0.1, 0.15) is 0 Å². The van der Waals surface area contributed by atoms with Gasteiger partial charge < -0.3 is 4.74 Å². The molecule has 0 aromatic heterocycles. The molecule has 0 unspecified atom stereocenters. The van der Waals surface area contributed by atoms with Crippen molar-refractivity contribution in [3.63, 3.8) is 0 Å². The molecule has 0 bridgehead atoms. The molecule has 100 valence electrons. The Morgan fingerprint density at radius 2 is 1.61 bits per heavy atom. The molecule has 18 heavy (non-hydrogen) atoms. The predicted molar refractivity (Wildman–Crippen MR) is 67.6 cm³/mol. The Hall–Kier alpha value is -0.960. The zero-order chi connectivity index (χ0) is 13.2. The monoisotopic (exact) mass is 254 g/mol. The molecule has 1 aromatic rings. The van der Waals surface area contributed by atoms with Crippen LogP contribution in [0.2, 0.25) is 0 Å². The Morgan fingerprint density at radius 1 is 1.06 bits per heavy atom. The molecule has 0 spiro atoms. The summed E-state index contributed by atoms with van der Waals surface area (Å²) in [5.74, 6) is 0.637. The summed E-state index contributed by atoms with van der Waals surface area (Å²) in [5, 5.41) is 0. The average Bonchev–Trinajstić information content (AvgIpc) is 2.32. The first-order chi connectivity index (χ1) is 8.47. The van der Waals surface area contributed by atoms with Crippen LogP contribution in [0.1, 0.15) is 43.7 Å². The number of halogens is 2. The lowest BCUT2D eigenvalue weighted by molar-refractivity contribution is -0.277. The van der Waals surface area contributed by atoms with Crippen molar-refractivity contribution in [2.45, 2.75) is 51.7 Å². The number of aryl methyl sites for hydroxylation is 1. The molecule has 1 aliphatic rings. The summed E-state index contributed by atoms with van der Waals surface area (Å²) in [5.41, 5.74) is 0.924. The van der Waals surface area contributed by atoms with Crippen molar-refractivity contribution in [3.05, 3.63) is 35.4 Å². The smallest absolute Gasteiger partial charge is 0.313 e. The molecule has 0 atom stereocenters. The Bertz CT molecular complexity index is 378. The molecule has 0 heterocycles. The highest BCUT2D eigenvalue weighted by Crippen LogP contribution is 2.35. The summed E-state index contributed by atoms with van der Waals surface area (Å²) >= 11 is 0. The lowest BCUT2D eigenvalue weighted by Gasteiger charge is -2.29. The van der Waals surface area contributed by atoms with Gasteiger partial charge in [-0.3, -0.25) is 0 Å². The van der Waals surface area contributed by atoms with Gasteiger partial charge in [-0.15, -0.1) is 0 Å². The van der Waals surface area contributed by atoms with Crippen LogP contribution in [0.4, 0.5) is 8.78 Å². The van der Waals surface area contributed by atoms with Gasteiger partial charge in [-0.2, -0.15) is 8.78 Å². The maximum atomic E-state index is 13.9. The molecule has 0 amide bonds. The second kappa shape index (κ2) is 5.35. The van der Waals surface area contributed by atoms with Gasteiger partial charge in [0.25, 0.3) is 0 Å². The molecule has 1 aliphatic carbocycles. The number of ether oxygens (including phenoxy) is 1. The van der Waals surface area contributed by atoms with E-state index in [2.05, 4.69) is 6.92 Å². The van der Waals surface area contributed by atoms with E-state index in [0.717, 1.165) is 31.2 Å². The molecule has 3 heteroatoms. The third kappa shape index (κ3) is 3.29. The maximum Gasteiger partial charge on any atom is 0.383 e. The zero-order valence-corrected chi connectivity index (χ0v) is 11.0. The van der Waals surface area contributed by atoms with Crippen molar-refractivity contribution in [1.82, 2.24) is 0 Å². The molecule has 1 fully saturated rings. The van der Waals surface area contributed by atoms with Crippen LogP contribution in [0.25, 0.3) is 0 Å². The van der Waals surface area contributed by atoms with E-state index in [1.54, 1.807) is 12.1 Å². The quantitative estimate of drug-likeness (QED) is 0.763. The Balaban J connectivity index is 2.00. The van der Waals surface area contributed by atoms with E-state index >= 15 is 0 Å². The number of alkyl halides is 2. The number of benzene rings is 1. The van der Waals surface area contributed by atoms with Crippen molar-refractivity contribution in [3.8, 4) is 0 Å². The minimum Gasteiger partial charge on any atom is -0.313 e. The predicted octanol–water partition coefficient (Wildman–Crippen LogP) is 4.64. The molecule has 1 saturated carbocycles. The summed E-state index contributed by atoms with van der Waals surface area (Å²) in [7, 11) is 0. The normalized spacial score (nSPS) is 25.1. The van der Waals surface area contributed by atoms with Gasteiger partial charge in [-0.05, 0) is 38.5 Å². The van der Waals surface area contributed by atoms with Gasteiger partial charge in [0, 0.05) is 0 Å². The van der Waals surface area contributed by atoms with Crippen molar-refractivity contribution < 1.29 is 13.5 Å². The second-order valence-corrected chi connectivity index (χ2v) is 5.38. The van der Waals surface area contributed by atoms with Gasteiger partial charge in [-0.25, -0.2) is 0 Å². The fraction of sp³-hybridized carbons (Fsp3) is 0.600. The van der Waals surface area contributed by atoms with Crippen LogP contribution in [-0.2, 0) is 10.8 Å². The van der Waals surface area contributed by atoms with Gasteiger partial charge in [0.15, 0.2) is 0 Å². The average molecular weight is 254 g/mol. The van der Waals surface area contributed by atoms with Crippen LogP contribution in [0.15, 0.2) is 24.3 Å². The summed E-state index contributed by atoms with van der Waals surface area (Å²) in [6, 6.07) is 6.27. The van der Waals surface area contributed by atoms with E-state index in [0.29, 0.717) is 5.92 Å². The molecule has 0 N–H and O–H groups in total. The largest absolute Gasteiger partial charge is 0.383 e. The van der Waals surface area contributed by atoms with E-state index < -0.39 is 6.11 Å². The first-order valence-electron chi connectivity index (χ1n) is 6.60. The standard InChI is InChI=1S/C15H20F2O/c1-11-3-7-13(8-4-11)15(16,17)18-14-9-5-12(2)6-10-14/h3-4,7-8,12,14H,5-6,9-10H2,1-2H3. The lowest BCUT2D eigenvalue weighted by Crippen LogP contribution is -2.29. The number of hydrogen-bond donors (Lipinski definition) is 0. The van der Waals surface area contributed by atoms with Crippen molar-refractivity contribution in [1.29, 1.82) is 0 Å².